The molecule has 0 aromatic heterocycles. The molecule has 0 N–H and O–H groups in total. The Morgan fingerprint density at radius 3 is 2.07 bits per heavy atom. The molecule has 1 heterocycles. The summed E-state index contributed by atoms with van der Waals surface area (Å²) in [6.45, 7) is 8.24. The van der Waals surface area contributed by atoms with Crippen LogP contribution in [0.5, 0.6) is 0 Å². The molecule has 0 radical (unpaired) electrons. The van der Waals surface area contributed by atoms with E-state index in [-0.39, 0.29) is 0 Å². The molecule has 0 aromatic rings. The van der Waals surface area contributed by atoms with Crippen LogP contribution in [0.25, 0.3) is 0 Å². The zero-order valence-electron chi connectivity index (χ0n) is 11.1. The summed E-state index contributed by atoms with van der Waals surface area (Å²) in [5.74, 6) is 2.07. The van der Waals surface area contributed by atoms with Crippen molar-refractivity contribution >= 4 is 0 Å². The Balaban J connectivity index is 0.000000162. The average Bonchev–Trinajstić information content (AvgIpc) is 2.11. The maximum Gasteiger partial charge on any atom is 0.00664 e. The Morgan fingerprint density at radius 1 is 1.13 bits per heavy atom. The minimum Gasteiger partial charge on any atom is -0.304 e. The molecule has 1 aliphatic carbocycles. The van der Waals surface area contributed by atoms with Gasteiger partial charge < -0.3 is 4.90 Å². The normalized spacial score (nSPS) is 32.8. The quantitative estimate of drug-likeness (QED) is 0.635. The van der Waals surface area contributed by atoms with E-state index in [9.17, 15) is 0 Å². The molecule has 0 amide bonds. The van der Waals surface area contributed by atoms with Crippen molar-refractivity contribution in [3.8, 4) is 0 Å². The van der Waals surface area contributed by atoms with Crippen molar-refractivity contribution in [3.63, 3.8) is 0 Å². The van der Waals surface area contributed by atoms with E-state index in [1.54, 1.807) is 0 Å². The first-order valence-electron chi connectivity index (χ1n) is 6.83. The minimum atomic E-state index is 0.814. The second-order valence-electron chi connectivity index (χ2n) is 5.66. The van der Waals surface area contributed by atoms with Crippen LogP contribution in [0.3, 0.4) is 0 Å². The fraction of sp³-hybridized carbons (Fsp3) is 1.00. The van der Waals surface area contributed by atoms with Crippen LogP contribution in [0.4, 0.5) is 0 Å². The lowest BCUT2D eigenvalue weighted by Crippen LogP contribution is -2.36. The minimum absolute atomic E-state index is 0.814. The Morgan fingerprint density at radius 2 is 1.80 bits per heavy atom. The highest BCUT2D eigenvalue weighted by atomic mass is 15.1. The number of rotatable bonds is 1. The van der Waals surface area contributed by atoms with Gasteiger partial charge in [0.25, 0.3) is 0 Å². The number of nitrogens with zero attached hydrogens (tertiary/aromatic N) is 1. The van der Waals surface area contributed by atoms with Crippen molar-refractivity contribution in [2.45, 2.75) is 65.3 Å². The Hall–Kier alpha value is -0.0400. The van der Waals surface area contributed by atoms with Gasteiger partial charge in [-0.1, -0.05) is 39.5 Å². The third-order valence-corrected chi connectivity index (χ3v) is 4.27. The first-order valence-corrected chi connectivity index (χ1v) is 6.83. The van der Waals surface area contributed by atoms with Crippen molar-refractivity contribution in [2.24, 2.45) is 11.8 Å². The van der Waals surface area contributed by atoms with Crippen molar-refractivity contribution in [2.75, 3.05) is 13.6 Å². The predicted octanol–water partition coefficient (Wildman–Crippen LogP) is 3.93. The molecule has 2 fully saturated rings. The van der Waals surface area contributed by atoms with Gasteiger partial charge in [-0.25, -0.2) is 0 Å². The van der Waals surface area contributed by atoms with Gasteiger partial charge in [-0.05, 0) is 45.2 Å². The van der Waals surface area contributed by atoms with Gasteiger partial charge in [0.15, 0.2) is 0 Å². The van der Waals surface area contributed by atoms with Gasteiger partial charge in [-0.2, -0.15) is 0 Å². The number of likely N-dealkylation sites (tertiary alicyclic amines) is 1. The van der Waals surface area contributed by atoms with Gasteiger partial charge in [0.2, 0.25) is 0 Å². The molecule has 2 unspecified atom stereocenters. The fourth-order valence-corrected chi connectivity index (χ4v) is 2.43. The summed E-state index contributed by atoms with van der Waals surface area (Å²) in [7, 11) is 2.22. The zero-order valence-corrected chi connectivity index (χ0v) is 11.1. The first-order chi connectivity index (χ1) is 7.13. The summed E-state index contributed by atoms with van der Waals surface area (Å²) in [5.41, 5.74) is 0. The van der Waals surface area contributed by atoms with Crippen LogP contribution in [0.15, 0.2) is 0 Å². The average molecular weight is 211 g/mol. The summed E-state index contributed by atoms with van der Waals surface area (Å²) in [5, 5.41) is 0. The van der Waals surface area contributed by atoms with Crippen LogP contribution in [-0.2, 0) is 0 Å². The highest BCUT2D eigenvalue weighted by Gasteiger charge is 2.18. The summed E-state index contributed by atoms with van der Waals surface area (Å²) < 4.78 is 0. The second kappa shape index (κ2) is 6.52. The van der Waals surface area contributed by atoms with Gasteiger partial charge in [0, 0.05) is 6.04 Å². The molecular formula is C14H29N. The van der Waals surface area contributed by atoms with Crippen LogP contribution in [0, 0.1) is 11.8 Å². The molecule has 1 saturated carbocycles. The Bertz CT molecular complexity index is 160. The monoisotopic (exact) mass is 211 g/mol. The molecule has 0 bridgehead atoms. The number of hydrogen-bond acceptors (Lipinski definition) is 1. The smallest absolute Gasteiger partial charge is 0.00664 e. The van der Waals surface area contributed by atoms with Crippen molar-refractivity contribution < 1.29 is 0 Å². The molecule has 1 aliphatic heterocycles. The van der Waals surface area contributed by atoms with E-state index < -0.39 is 0 Å². The highest BCUT2D eigenvalue weighted by Crippen LogP contribution is 2.28. The molecule has 2 rings (SSSR count). The lowest BCUT2D eigenvalue weighted by atomic mass is 9.84. The largest absolute Gasteiger partial charge is 0.304 e. The molecule has 1 saturated heterocycles. The molecular weight excluding hydrogens is 182 g/mol. The maximum absolute atomic E-state index is 2.44. The van der Waals surface area contributed by atoms with E-state index in [0.29, 0.717) is 0 Å². The van der Waals surface area contributed by atoms with E-state index in [1.165, 1.54) is 45.1 Å². The highest BCUT2D eigenvalue weighted by molar-refractivity contribution is 4.73. The molecule has 0 aromatic carbocycles. The Kier molecular flexibility index (Phi) is 5.66. The standard InChI is InChI=1S/C8H17N.C6H12/c1-7-4-5-9(3)8(2)6-7;1-2-6-4-3-5-6/h7-8H,4-6H2,1-3H3;6H,2-5H2,1H3. The van der Waals surface area contributed by atoms with Crippen molar-refractivity contribution in [1.29, 1.82) is 0 Å². The van der Waals surface area contributed by atoms with Gasteiger partial charge in [0.05, 0.1) is 0 Å². The topological polar surface area (TPSA) is 3.24 Å². The molecule has 1 nitrogen and oxygen atoms in total. The molecule has 0 spiro atoms. The van der Waals surface area contributed by atoms with Gasteiger partial charge in [-0.3, -0.25) is 0 Å². The van der Waals surface area contributed by atoms with E-state index in [0.717, 1.165) is 17.9 Å². The van der Waals surface area contributed by atoms with E-state index in [4.69, 9.17) is 0 Å². The van der Waals surface area contributed by atoms with Crippen LogP contribution in [0.1, 0.15) is 59.3 Å². The molecule has 2 aliphatic rings. The Labute approximate surface area is 96.2 Å². The lowest BCUT2D eigenvalue weighted by molar-refractivity contribution is 0.162. The van der Waals surface area contributed by atoms with Crippen molar-refractivity contribution in [3.05, 3.63) is 0 Å². The first kappa shape index (κ1) is 13.0. The van der Waals surface area contributed by atoms with Crippen LogP contribution in [-0.4, -0.2) is 24.5 Å². The lowest BCUT2D eigenvalue weighted by Gasteiger charge is -2.33. The van der Waals surface area contributed by atoms with Gasteiger partial charge >= 0.3 is 0 Å². The molecule has 1 heteroatoms. The number of hydrogen-bond donors (Lipinski definition) is 0. The summed E-state index contributed by atoms with van der Waals surface area (Å²) in [6.07, 6.45) is 8.71. The summed E-state index contributed by atoms with van der Waals surface area (Å²) >= 11 is 0. The molecule has 90 valence electrons. The number of piperidine rings is 1. The third-order valence-electron chi connectivity index (χ3n) is 4.27. The van der Waals surface area contributed by atoms with Gasteiger partial charge in [-0.15, -0.1) is 0 Å². The maximum atomic E-state index is 2.44. The zero-order chi connectivity index (χ0) is 11.3. The fourth-order valence-electron chi connectivity index (χ4n) is 2.43. The SMILES string of the molecule is CC1CCN(C)C(C)C1.CCC1CCC1. The predicted molar refractivity (Wildman–Crippen MR) is 68.1 cm³/mol. The third kappa shape index (κ3) is 4.55. The van der Waals surface area contributed by atoms with E-state index in [1.807, 2.05) is 0 Å². The summed E-state index contributed by atoms with van der Waals surface area (Å²) in [4.78, 5) is 2.44. The van der Waals surface area contributed by atoms with Crippen LogP contribution < -0.4 is 0 Å². The second-order valence-corrected chi connectivity index (χ2v) is 5.66. The van der Waals surface area contributed by atoms with Crippen molar-refractivity contribution in [1.82, 2.24) is 4.90 Å². The molecule has 2 atom stereocenters. The molecule has 15 heavy (non-hydrogen) atoms. The van der Waals surface area contributed by atoms with E-state index >= 15 is 0 Å². The van der Waals surface area contributed by atoms with Crippen LogP contribution in [0.2, 0.25) is 0 Å². The van der Waals surface area contributed by atoms with Gasteiger partial charge in [0.1, 0.15) is 0 Å². The van der Waals surface area contributed by atoms with E-state index in [2.05, 4.69) is 32.7 Å². The van der Waals surface area contributed by atoms with Crippen LogP contribution >= 0.6 is 0 Å². The summed E-state index contributed by atoms with van der Waals surface area (Å²) in [6, 6.07) is 0.814.